The molecule has 0 radical (unpaired) electrons. The molecule has 16 heavy (non-hydrogen) atoms. The summed E-state index contributed by atoms with van der Waals surface area (Å²) >= 11 is 2.13. The summed E-state index contributed by atoms with van der Waals surface area (Å²) in [5, 5.41) is 0. The Hall–Kier alpha value is -0.340. The summed E-state index contributed by atoms with van der Waals surface area (Å²) in [6.07, 6.45) is 0. The van der Waals surface area contributed by atoms with Crippen LogP contribution in [0.3, 0.4) is 0 Å². The van der Waals surface area contributed by atoms with Gasteiger partial charge in [0.25, 0.3) is 0 Å². The fourth-order valence-electron chi connectivity index (χ4n) is 1.79. The van der Waals surface area contributed by atoms with Gasteiger partial charge in [-0.15, -0.1) is 0 Å². The predicted molar refractivity (Wildman–Crippen MR) is 72.0 cm³/mol. The highest BCUT2D eigenvalue weighted by Gasteiger charge is 2.32. The van der Waals surface area contributed by atoms with E-state index in [0.717, 1.165) is 15.8 Å². The number of sulfonamides is 1. The zero-order chi connectivity index (χ0) is 11.9. The number of anilines is 1. The Morgan fingerprint density at radius 3 is 2.75 bits per heavy atom. The predicted octanol–water partition coefficient (Wildman–Crippen LogP) is 1.71. The van der Waals surface area contributed by atoms with Crippen molar-refractivity contribution in [2.24, 2.45) is 0 Å². The van der Waals surface area contributed by atoms with Crippen molar-refractivity contribution in [3.05, 3.63) is 21.8 Å². The first-order chi connectivity index (χ1) is 7.46. The van der Waals surface area contributed by atoms with Gasteiger partial charge in [-0.25, -0.2) is 8.42 Å². The zero-order valence-electron chi connectivity index (χ0n) is 9.14. The molecule has 0 bridgehead atoms. The van der Waals surface area contributed by atoms with Crippen LogP contribution in [0.15, 0.2) is 23.1 Å². The Labute approximate surface area is 109 Å². The van der Waals surface area contributed by atoms with Crippen molar-refractivity contribution in [3.63, 3.8) is 0 Å². The molecule has 2 rings (SSSR count). The number of nitrogens with zero attached hydrogens (tertiary/aromatic N) is 2. The van der Waals surface area contributed by atoms with Crippen LogP contribution >= 0.6 is 22.6 Å². The molecule has 0 saturated carbocycles. The Bertz CT molecular complexity index is 516. The molecule has 0 amide bonds. The monoisotopic (exact) mass is 352 g/mol. The molecule has 0 unspecified atom stereocenters. The van der Waals surface area contributed by atoms with E-state index in [4.69, 9.17) is 0 Å². The topological polar surface area (TPSA) is 40.6 Å². The van der Waals surface area contributed by atoms with Crippen molar-refractivity contribution in [3.8, 4) is 0 Å². The highest BCUT2D eigenvalue weighted by molar-refractivity contribution is 14.1. The molecule has 6 heteroatoms. The van der Waals surface area contributed by atoms with Crippen LogP contribution < -0.4 is 4.90 Å². The second-order valence-electron chi connectivity index (χ2n) is 3.71. The molecular formula is C10H13IN2O2S. The lowest BCUT2D eigenvalue weighted by molar-refractivity contribution is 0.451. The maximum absolute atomic E-state index is 12.1. The average Bonchev–Trinajstić information content (AvgIpc) is 2.24. The van der Waals surface area contributed by atoms with Gasteiger partial charge in [0, 0.05) is 17.2 Å². The van der Waals surface area contributed by atoms with Gasteiger partial charge in [-0.1, -0.05) is 0 Å². The van der Waals surface area contributed by atoms with Gasteiger partial charge in [0.15, 0.2) is 0 Å². The van der Waals surface area contributed by atoms with Gasteiger partial charge in [-0.05, 0) is 47.7 Å². The third-order valence-electron chi connectivity index (χ3n) is 2.70. The Morgan fingerprint density at radius 1 is 1.44 bits per heavy atom. The lowest BCUT2D eigenvalue weighted by Gasteiger charge is -2.35. The third-order valence-corrected chi connectivity index (χ3v) is 5.19. The normalized spacial score (nSPS) is 19.6. The quantitative estimate of drug-likeness (QED) is 0.723. The lowest BCUT2D eigenvalue weighted by Crippen LogP contribution is -2.44. The molecule has 0 fully saturated rings. The minimum Gasteiger partial charge on any atom is -0.357 e. The van der Waals surface area contributed by atoms with E-state index in [2.05, 4.69) is 22.6 Å². The fraction of sp³-hybridized carbons (Fsp3) is 0.400. The summed E-state index contributed by atoms with van der Waals surface area (Å²) in [7, 11) is -1.69. The molecular weight excluding hydrogens is 339 g/mol. The number of rotatable bonds is 1. The summed E-state index contributed by atoms with van der Waals surface area (Å²) in [4.78, 5) is 2.46. The molecule has 0 saturated heterocycles. The molecule has 0 spiro atoms. The van der Waals surface area contributed by atoms with E-state index in [-0.39, 0.29) is 0 Å². The Kier molecular flexibility index (Phi) is 3.15. The van der Waals surface area contributed by atoms with E-state index in [9.17, 15) is 8.42 Å². The maximum Gasteiger partial charge on any atom is 0.246 e. The SMILES string of the molecule is CCN1CN(C)S(=O)(=O)c2cc(I)ccc21. The second-order valence-corrected chi connectivity index (χ2v) is 6.97. The number of fused-ring (bicyclic) bond motifs is 1. The number of hydrogen-bond acceptors (Lipinski definition) is 3. The van der Waals surface area contributed by atoms with Gasteiger partial charge in [0.2, 0.25) is 10.0 Å². The molecule has 1 aromatic carbocycles. The third kappa shape index (κ3) is 1.82. The van der Waals surface area contributed by atoms with Crippen LogP contribution in [0.4, 0.5) is 5.69 Å². The van der Waals surface area contributed by atoms with Crippen molar-refractivity contribution in [1.29, 1.82) is 0 Å². The van der Waals surface area contributed by atoms with Crippen molar-refractivity contribution in [2.75, 3.05) is 25.2 Å². The van der Waals surface area contributed by atoms with Crippen LogP contribution in [-0.2, 0) is 10.0 Å². The van der Waals surface area contributed by atoms with Gasteiger partial charge < -0.3 is 4.90 Å². The maximum atomic E-state index is 12.1. The fourth-order valence-corrected chi connectivity index (χ4v) is 3.85. The molecule has 1 heterocycles. The molecule has 1 aliphatic heterocycles. The Morgan fingerprint density at radius 2 is 2.12 bits per heavy atom. The van der Waals surface area contributed by atoms with E-state index in [0.29, 0.717) is 11.6 Å². The highest BCUT2D eigenvalue weighted by Crippen LogP contribution is 2.33. The van der Waals surface area contributed by atoms with Gasteiger partial charge >= 0.3 is 0 Å². The van der Waals surface area contributed by atoms with Gasteiger partial charge in [-0.2, -0.15) is 4.31 Å². The first-order valence-corrected chi connectivity index (χ1v) is 7.49. The molecule has 1 aliphatic rings. The largest absolute Gasteiger partial charge is 0.357 e. The summed E-state index contributed by atoms with van der Waals surface area (Å²) in [5.41, 5.74) is 0.806. The molecule has 0 aromatic heterocycles. The summed E-state index contributed by atoms with van der Waals surface area (Å²) in [6.45, 7) is 3.24. The molecule has 0 atom stereocenters. The first-order valence-electron chi connectivity index (χ1n) is 4.97. The molecule has 1 aromatic rings. The zero-order valence-corrected chi connectivity index (χ0v) is 12.1. The minimum absolute atomic E-state index is 0.412. The highest BCUT2D eigenvalue weighted by atomic mass is 127. The van der Waals surface area contributed by atoms with E-state index < -0.39 is 10.0 Å². The van der Waals surface area contributed by atoms with Crippen LogP contribution in [0.1, 0.15) is 6.92 Å². The number of benzene rings is 1. The van der Waals surface area contributed by atoms with E-state index in [1.807, 2.05) is 24.0 Å². The Balaban J connectivity index is 2.67. The summed E-state index contributed by atoms with van der Waals surface area (Å²) in [5.74, 6) is 0. The lowest BCUT2D eigenvalue weighted by atomic mass is 10.3. The minimum atomic E-state index is -3.30. The smallest absolute Gasteiger partial charge is 0.246 e. The second kappa shape index (κ2) is 4.15. The van der Waals surface area contributed by atoms with Crippen LogP contribution in [0.5, 0.6) is 0 Å². The summed E-state index contributed by atoms with van der Waals surface area (Å²) < 4.78 is 26.5. The van der Waals surface area contributed by atoms with E-state index in [1.165, 1.54) is 4.31 Å². The van der Waals surface area contributed by atoms with Crippen LogP contribution in [-0.4, -0.2) is 33.0 Å². The average molecular weight is 352 g/mol. The van der Waals surface area contributed by atoms with Crippen LogP contribution in [0.2, 0.25) is 0 Å². The molecule has 0 aliphatic carbocycles. The van der Waals surface area contributed by atoms with Crippen molar-refractivity contribution >= 4 is 38.3 Å². The molecule has 4 nitrogen and oxygen atoms in total. The van der Waals surface area contributed by atoms with Crippen molar-refractivity contribution in [1.82, 2.24) is 4.31 Å². The molecule has 88 valence electrons. The first kappa shape index (κ1) is 12.1. The molecule has 0 N–H and O–H groups in total. The van der Waals surface area contributed by atoms with Gasteiger partial charge in [0.05, 0.1) is 12.4 Å². The standard InChI is InChI=1S/C10H13IN2O2S/c1-3-13-7-12(2)16(14,15)10-6-8(11)4-5-9(10)13/h4-6H,3,7H2,1-2H3. The number of hydrogen-bond donors (Lipinski definition) is 0. The number of halogens is 1. The van der Waals surface area contributed by atoms with Crippen LogP contribution in [0, 0.1) is 3.57 Å². The van der Waals surface area contributed by atoms with Crippen molar-refractivity contribution in [2.45, 2.75) is 11.8 Å². The summed E-state index contributed by atoms with van der Waals surface area (Å²) in [6, 6.07) is 5.54. The van der Waals surface area contributed by atoms with E-state index in [1.54, 1.807) is 13.1 Å². The van der Waals surface area contributed by atoms with Crippen LogP contribution in [0.25, 0.3) is 0 Å². The van der Waals surface area contributed by atoms with E-state index >= 15 is 0 Å². The van der Waals surface area contributed by atoms with Gasteiger partial charge in [0.1, 0.15) is 4.90 Å². The van der Waals surface area contributed by atoms with Gasteiger partial charge in [-0.3, -0.25) is 0 Å². The van der Waals surface area contributed by atoms with Crippen molar-refractivity contribution < 1.29 is 8.42 Å².